The number of hydrogen-bond acceptors (Lipinski definition) is 1. The summed E-state index contributed by atoms with van der Waals surface area (Å²) in [5.41, 5.74) is 19.0. The van der Waals surface area contributed by atoms with Crippen molar-refractivity contribution < 1.29 is 0 Å². The van der Waals surface area contributed by atoms with Gasteiger partial charge in [0, 0.05) is 27.9 Å². The Hall–Kier alpha value is -6.18. The normalized spacial score (nSPS) is 14.3. The lowest BCUT2D eigenvalue weighted by Crippen LogP contribution is -2.18. The van der Waals surface area contributed by atoms with E-state index in [1.54, 1.807) is 0 Å². The molecule has 0 bridgehead atoms. The molecule has 1 heteroatoms. The minimum absolute atomic E-state index is 0.0892. The van der Waals surface area contributed by atoms with Crippen LogP contribution in [0.2, 0.25) is 0 Å². The minimum atomic E-state index is -0.175. The fourth-order valence-electron chi connectivity index (χ4n) is 9.22. The molecule has 0 N–H and O–H groups in total. The SMILES string of the molecule is CC1(C)c2ccccc2-c2ccc(N(c3ccc(-c4ccccc4)cc3)c3ccc4c(c3)C(C)(C)c3cc(-c5cccc6ccccc56)ccc3-4)cc21. The van der Waals surface area contributed by atoms with E-state index in [1.165, 1.54) is 88.9 Å². The van der Waals surface area contributed by atoms with Gasteiger partial charge in [-0.05, 0) is 120 Å². The maximum Gasteiger partial charge on any atom is 0.0465 e. The van der Waals surface area contributed by atoms with Gasteiger partial charge in [0.1, 0.15) is 0 Å². The van der Waals surface area contributed by atoms with Gasteiger partial charge in [0.05, 0.1) is 0 Å². The first kappa shape index (κ1) is 31.5. The summed E-state index contributed by atoms with van der Waals surface area (Å²) in [5.74, 6) is 0. The molecule has 10 rings (SSSR count). The first-order chi connectivity index (χ1) is 25.8. The van der Waals surface area contributed by atoms with Crippen molar-refractivity contribution in [2.24, 2.45) is 0 Å². The van der Waals surface area contributed by atoms with Crippen molar-refractivity contribution in [2.45, 2.75) is 38.5 Å². The van der Waals surface area contributed by atoms with Crippen molar-refractivity contribution >= 4 is 27.8 Å². The van der Waals surface area contributed by atoms with Crippen LogP contribution < -0.4 is 4.90 Å². The number of rotatable bonds is 5. The second kappa shape index (κ2) is 11.7. The number of fused-ring (bicyclic) bond motifs is 7. The molecule has 8 aromatic rings. The van der Waals surface area contributed by atoms with Crippen LogP contribution in [-0.4, -0.2) is 0 Å². The van der Waals surface area contributed by atoms with E-state index < -0.39 is 0 Å². The monoisotopic (exact) mass is 679 g/mol. The first-order valence-electron chi connectivity index (χ1n) is 18.8. The van der Waals surface area contributed by atoms with E-state index >= 15 is 0 Å². The molecular weight excluding hydrogens is 639 g/mol. The summed E-state index contributed by atoms with van der Waals surface area (Å²) in [7, 11) is 0. The van der Waals surface area contributed by atoms with Gasteiger partial charge in [0.15, 0.2) is 0 Å². The van der Waals surface area contributed by atoms with E-state index in [4.69, 9.17) is 0 Å². The van der Waals surface area contributed by atoms with Gasteiger partial charge >= 0.3 is 0 Å². The van der Waals surface area contributed by atoms with Crippen LogP contribution in [0, 0.1) is 0 Å². The van der Waals surface area contributed by atoms with E-state index in [0.29, 0.717) is 0 Å². The molecule has 0 saturated carbocycles. The summed E-state index contributed by atoms with van der Waals surface area (Å²) < 4.78 is 0. The number of nitrogens with zero attached hydrogens (tertiary/aromatic N) is 1. The first-order valence-corrected chi connectivity index (χ1v) is 18.8. The molecule has 0 radical (unpaired) electrons. The summed E-state index contributed by atoms with van der Waals surface area (Å²) in [5, 5.41) is 2.56. The molecule has 53 heavy (non-hydrogen) atoms. The van der Waals surface area contributed by atoms with Gasteiger partial charge in [-0.15, -0.1) is 0 Å². The summed E-state index contributed by atoms with van der Waals surface area (Å²) in [6, 6.07) is 65.3. The molecule has 2 aliphatic carbocycles. The average Bonchev–Trinajstić information content (AvgIpc) is 3.57. The Bertz CT molecular complexity index is 2710. The molecule has 0 saturated heterocycles. The third kappa shape index (κ3) is 4.84. The van der Waals surface area contributed by atoms with Crippen LogP contribution in [0.4, 0.5) is 17.1 Å². The molecular formula is C52H41N. The second-order valence-corrected chi connectivity index (χ2v) is 15.8. The van der Waals surface area contributed by atoms with Crippen molar-refractivity contribution in [1.29, 1.82) is 0 Å². The quantitative estimate of drug-likeness (QED) is 0.175. The average molecular weight is 680 g/mol. The Kier molecular flexibility index (Phi) is 6.94. The van der Waals surface area contributed by atoms with Crippen LogP contribution in [0.1, 0.15) is 49.9 Å². The van der Waals surface area contributed by atoms with Crippen molar-refractivity contribution in [3.63, 3.8) is 0 Å². The number of benzene rings is 8. The lowest BCUT2D eigenvalue weighted by atomic mass is 9.81. The molecule has 0 heterocycles. The summed E-state index contributed by atoms with van der Waals surface area (Å²) in [4.78, 5) is 2.45. The number of hydrogen-bond donors (Lipinski definition) is 0. The lowest BCUT2D eigenvalue weighted by Gasteiger charge is -2.30. The summed E-state index contributed by atoms with van der Waals surface area (Å²) in [6.45, 7) is 9.51. The lowest BCUT2D eigenvalue weighted by molar-refractivity contribution is 0.660. The highest BCUT2D eigenvalue weighted by molar-refractivity contribution is 5.98. The second-order valence-electron chi connectivity index (χ2n) is 15.8. The maximum absolute atomic E-state index is 2.45. The van der Waals surface area contributed by atoms with Crippen LogP contribution in [0.15, 0.2) is 176 Å². The van der Waals surface area contributed by atoms with E-state index in [0.717, 1.165) is 5.69 Å². The molecule has 0 atom stereocenters. The molecule has 0 fully saturated rings. The molecule has 2 aliphatic rings. The van der Waals surface area contributed by atoms with E-state index in [2.05, 4.69) is 209 Å². The highest BCUT2D eigenvalue weighted by Crippen LogP contribution is 2.53. The third-order valence-electron chi connectivity index (χ3n) is 12.1. The highest BCUT2D eigenvalue weighted by atomic mass is 15.1. The standard InChI is InChI=1S/C52H41N/c1-51(2)47-20-11-10-18-43(47)45-29-26-39(32-49(45)51)53(38-24-21-35(22-25-38)34-13-6-5-7-14-34)40-27-30-46-44-28-23-37(31-48(44)52(3,4)50(46)33-40)42-19-12-16-36-15-8-9-17-41(36)42/h5-33H,1-4H3. The van der Waals surface area contributed by atoms with Crippen LogP contribution >= 0.6 is 0 Å². The Morgan fingerprint density at radius 1 is 0.321 bits per heavy atom. The third-order valence-corrected chi connectivity index (χ3v) is 12.1. The van der Waals surface area contributed by atoms with Gasteiger partial charge in [-0.25, -0.2) is 0 Å². The van der Waals surface area contributed by atoms with Crippen LogP contribution in [-0.2, 0) is 10.8 Å². The molecule has 0 aromatic heterocycles. The Labute approximate surface area is 312 Å². The van der Waals surface area contributed by atoms with Gasteiger partial charge in [-0.2, -0.15) is 0 Å². The van der Waals surface area contributed by atoms with Crippen molar-refractivity contribution in [2.75, 3.05) is 4.90 Å². The molecule has 1 nitrogen and oxygen atoms in total. The van der Waals surface area contributed by atoms with Gasteiger partial charge in [-0.1, -0.05) is 161 Å². The summed E-state index contributed by atoms with van der Waals surface area (Å²) >= 11 is 0. The van der Waals surface area contributed by atoms with Crippen LogP contribution in [0.5, 0.6) is 0 Å². The fourth-order valence-corrected chi connectivity index (χ4v) is 9.22. The topological polar surface area (TPSA) is 3.24 Å². The molecule has 0 unspecified atom stereocenters. The minimum Gasteiger partial charge on any atom is -0.310 e. The van der Waals surface area contributed by atoms with Crippen LogP contribution in [0.25, 0.3) is 55.3 Å². The van der Waals surface area contributed by atoms with Crippen molar-refractivity contribution in [1.82, 2.24) is 0 Å². The fraction of sp³-hybridized carbons (Fsp3) is 0.115. The summed E-state index contributed by atoms with van der Waals surface area (Å²) in [6.07, 6.45) is 0. The zero-order chi connectivity index (χ0) is 35.9. The zero-order valence-corrected chi connectivity index (χ0v) is 30.7. The number of anilines is 3. The van der Waals surface area contributed by atoms with Gasteiger partial charge in [0.25, 0.3) is 0 Å². The zero-order valence-electron chi connectivity index (χ0n) is 30.7. The molecule has 0 spiro atoms. The van der Waals surface area contributed by atoms with E-state index in [1.807, 2.05) is 0 Å². The van der Waals surface area contributed by atoms with E-state index in [-0.39, 0.29) is 10.8 Å². The highest BCUT2D eigenvalue weighted by Gasteiger charge is 2.38. The van der Waals surface area contributed by atoms with Gasteiger partial charge in [-0.3, -0.25) is 0 Å². The maximum atomic E-state index is 2.45. The molecule has 0 aliphatic heterocycles. The molecule has 0 amide bonds. The van der Waals surface area contributed by atoms with E-state index in [9.17, 15) is 0 Å². The Balaban J connectivity index is 1.10. The predicted molar refractivity (Wildman–Crippen MR) is 225 cm³/mol. The van der Waals surface area contributed by atoms with Crippen molar-refractivity contribution in [3.8, 4) is 44.5 Å². The van der Waals surface area contributed by atoms with Crippen LogP contribution in [0.3, 0.4) is 0 Å². The largest absolute Gasteiger partial charge is 0.310 e. The Morgan fingerprint density at radius 2 is 0.792 bits per heavy atom. The Morgan fingerprint density at radius 3 is 1.51 bits per heavy atom. The van der Waals surface area contributed by atoms with Gasteiger partial charge in [0.2, 0.25) is 0 Å². The van der Waals surface area contributed by atoms with Gasteiger partial charge < -0.3 is 4.90 Å². The predicted octanol–water partition coefficient (Wildman–Crippen LogP) is 14.3. The smallest absolute Gasteiger partial charge is 0.0465 e. The molecule has 254 valence electrons. The molecule has 8 aromatic carbocycles. The van der Waals surface area contributed by atoms with Crippen molar-refractivity contribution in [3.05, 3.63) is 198 Å².